The lowest BCUT2D eigenvalue weighted by molar-refractivity contribution is -0.139. The minimum Gasteiger partial charge on any atom is -0.496 e. The number of ether oxygens (including phenoxy) is 3. The van der Waals surface area contributed by atoms with Crippen LogP contribution >= 0.6 is 0 Å². The van der Waals surface area contributed by atoms with Crippen molar-refractivity contribution in [2.45, 2.75) is 103 Å². The van der Waals surface area contributed by atoms with Gasteiger partial charge in [-0.05, 0) is 128 Å². The van der Waals surface area contributed by atoms with Crippen LogP contribution in [0.4, 0.5) is 29.5 Å². The summed E-state index contributed by atoms with van der Waals surface area (Å²) in [5, 5.41) is 9.86. The Hall–Kier alpha value is -4.21. The number of amides is 2. The van der Waals surface area contributed by atoms with Crippen LogP contribution < -0.4 is 20.7 Å². The third-order valence-electron chi connectivity index (χ3n) is 11.2. The van der Waals surface area contributed by atoms with Crippen molar-refractivity contribution >= 4 is 34.4 Å². The molecule has 2 saturated heterocycles. The van der Waals surface area contributed by atoms with Gasteiger partial charge in [0.15, 0.2) is 0 Å². The molecule has 0 unspecified atom stereocenters. The Morgan fingerprint density at radius 1 is 0.947 bits per heavy atom. The average molecular weight is 798 g/mol. The quantitative estimate of drug-likeness (QED) is 0.178. The lowest BCUT2D eigenvalue weighted by Crippen LogP contribution is -2.51. The molecule has 57 heavy (non-hydrogen) atoms. The van der Waals surface area contributed by atoms with E-state index < -0.39 is 29.5 Å². The van der Waals surface area contributed by atoms with Crippen LogP contribution in [-0.2, 0) is 20.4 Å². The number of nitrogens with zero attached hydrogens (tertiary/aromatic N) is 4. The number of hydrogen-bond donors (Lipinski definition) is 3. The van der Waals surface area contributed by atoms with Crippen LogP contribution in [-0.4, -0.2) is 103 Å². The number of piperidine rings is 1. The number of piperazine rings is 1. The predicted molar refractivity (Wildman–Crippen MR) is 214 cm³/mol. The fourth-order valence-electron chi connectivity index (χ4n) is 8.15. The van der Waals surface area contributed by atoms with Crippen molar-refractivity contribution in [2.24, 2.45) is 5.92 Å². The van der Waals surface area contributed by atoms with E-state index in [1.54, 1.807) is 41.7 Å². The molecule has 3 fully saturated rings. The van der Waals surface area contributed by atoms with Crippen LogP contribution in [0.25, 0.3) is 10.9 Å². The number of carbonyl (C=O) groups is 2. The maximum atomic E-state index is 14.0. The highest BCUT2D eigenvalue weighted by Crippen LogP contribution is 2.43. The smallest absolute Gasteiger partial charge is 0.416 e. The van der Waals surface area contributed by atoms with Crippen molar-refractivity contribution in [1.82, 2.24) is 25.1 Å². The molecule has 3 aromatic rings. The number of halogens is 3. The number of methoxy groups -OCH3 is 1. The Labute approximate surface area is 333 Å². The van der Waals surface area contributed by atoms with Crippen LogP contribution in [0.3, 0.4) is 0 Å². The number of carbonyl (C=O) groups excluding carboxylic acids is 2. The van der Waals surface area contributed by atoms with Crippen LogP contribution in [0, 0.1) is 12.8 Å². The molecule has 0 spiro atoms. The van der Waals surface area contributed by atoms with Crippen LogP contribution in [0.5, 0.6) is 5.75 Å². The summed E-state index contributed by atoms with van der Waals surface area (Å²) in [5.41, 5.74) is 0.146. The Morgan fingerprint density at radius 3 is 2.30 bits per heavy atom. The van der Waals surface area contributed by atoms with Crippen molar-refractivity contribution in [1.29, 1.82) is 0 Å². The molecule has 1 saturated carbocycles. The Bertz CT molecular complexity index is 1870. The van der Waals surface area contributed by atoms with E-state index in [4.69, 9.17) is 14.2 Å². The highest BCUT2D eigenvalue weighted by Gasteiger charge is 2.34. The summed E-state index contributed by atoms with van der Waals surface area (Å²) in [6, 6.07) is 6.70. The summed E-state index contributed by atoms with van der Waals surface area (Å²) in [7, 11) is 1.63. The number of benzene rings is 2. The summed E-state index contributed by atoms with van der Waals surface area (Å²) in [5.74, 6) is 2.01. The van der Waals surface area contributed by atoms with E-state index in [0.717, 1.165) is 109 Å². The highest BCUT2D eigenvalue weighted by molar-refractivity contribution is 5.91. The van der Waals surface area contributed by atoms with Crippen molar-refractivity contribution in [3.8, 4) is 5.75 Å². The molecule has 6 rings (SSSR count). The summed E-state index contributed by atoms with van der Waals surface area (Å²) >= 11 is 0. The monoisotopic (exact) mass is 797 g/mol. The Morgan fingerprint density at radius 2 is 1.65 bits per heavy atom. The van der Waals surface area contributed by atoms with Gasteiger partial charge in [-0.1, -0.05) is 0 Å². The molecule has 0 bridgehead atoms. The van der Waals surface area contributed by atoms with Gasteiger partial charge in [-0.15, -0.1) is 0 Å². The molecule has 312 valence electrons. The van der Waals surface area contributed by atoms with Gasteiger partial charge in [0.1, 0.15) is 23.0 Å². The van der Waals surface area contributed by atoms with Crippen LogP contribution in [0.1, 0.15) is 101 Å². The molecule has 2 aliphatic heterocycles. The summed E-state index contributed by atoms with van der Waals surface area (Å²) < 4.78 is 59.4. The fraction of sp³-hybridized carbons (Fsp3) is 0.619. The molecule has 3 N–H and O–H groups in total. The van der Waals surface area contributed by atoms with Crippen molar-refractivity contribution in [3.05, 3.63) is 52.8 Å². The fourth-order valence-corrected chi connectivity index (χ4v) is 8.15. The first-order chi connectivity index (χ1) is 27.1. The Kier molecular flexibility index (Phi) is 13.5. The van der Waals surface area contributed by atoms with Crippen LogP contribution in [0.2, 0.25) is 0 Å². The highest BCUT2D eigenvalue weighted by atomic mass is 19.4. The normalized spacial score (nSPS) is 20.6. The van der Waals surface area contributed by atoms with E-state index in [0.29, 0.717) is 40.0 Å². The lowest BCUT2D eigenvalue weighted by atomic mass is 9.77. The number of anilines is 2. The van der Waals surface area contributed by atoms with Crippen molar-refractivity contribution < 1.29 is 37.0 Å². The molecule has 2 aromatic carbocycles. The first-order valence-corrected chi connectivity index (χ1v) is 20.2. The largest absolute Gasteiger partial charge is 0.496 e. The van der Waals surface area contributed by atoms with Gasteiger partial charge in [-0.3, -0.25) is 15.0 Å². The van der Waals surface area contributed by atoms with Gasteiger partial charge in [0.25, 0.3) is 0 Å². The van der Waals surface area contributed by atoms with Gasteiger partial charge < -0.3 is 29.7 Å². The first-order valence-electron chi connectivity index (χ1n) is 20.2. The van der Waals surface area contributed by atoms with E-state index in [2.05, 4.69) is 30.8 Å². The second-order valence-electron chi connectivity index (χ2n) is 16.6. The number of aryl methyl sites for hydroxylation is 1. The minimum atomic E-state index is -4.65. The maximum absolute atomic E-state index is 14.0. The summed E-state index contributed by atoms with van der Waals surface area (Å²) in [4.78, 5) is 39.9. The van der Waals surface area contributed by atoms with Crippen molar-refractivity contribution in [3.63, 3.8) is 0 Å². The topological polar surface area (TPSA) is 130 Å². The minimum absolute atomic E-state index is 0.0197. The molecule has 15 heteroatoms. The van der Waals surface area contributed by atoms with E-state index in [1.807, 2.05) is 17.0 Å². The second kappa shape index (κ2) is 18.2. The third kappa shape index (κ3) is 11.3. The first kappa shape index (κ1) is 42.4. The SMILES string of the molecule is COc1cc2nc(C)nc(N[C@H](C)c3cc(NC(=O)OC(C)(C)C)cc(C(F)(F)F)c3)c2cc1C1CCC(C(=O)N2CCN(CCOC3CCNCC3)CC2)CC1. The van der Waals surface area contributed by atoms with E-state index >= 15 is 0 Å². The van der Waals surface area contributed by atoms with Gasteiger partial charge in [0.05, 0.1) is 36.9 Å². The second-order valence-corrected chi connectivity index (χ2v) is 16.6. The molecule has 3 aliphatic rings. The standard InChI is InChI=1S/C42H58F3N7O5/c1-26(30-21-31(42(43,44)45)23-32(22-30)50-40(54)57-41(3,4)5)47-38-35-24-34(37(55-6)25-36(35)48-27(2)49-38)28-7-9-29(10-8-28)39(53)52-17-15-51(16-18-52)19-20-56-33-11-13-46-14-12-33/h21-26,28-29,33,46H,7-20H2,1-6H3,(H,50,54)(H,47,48,49)/t26-,28?,29?/m1/s1. The third-order valence-corrected chi connectivity index (χ3v) is 11.2. The molecule has 1 atom stereocenters. The van der Waals surface area contributed by atoms with E-state index in [-0.39, 0.29) is 23.4 Å². The molecular formula is C42H58F3N7O5. The predicted octanol–water partition coefficient (Wildman–Crippen LogP) is 7.67. The number of nitrogens with one attached hydrogen (secondary N) is 3. The zero-order valence-electron chi connectivity index (χ0n) is 34.1. The van der Waals surface area contributed by atoms with Crippen LogP contribution in [0.15, 0.2) is 30.3 Å². The zero-order valence-corrected chi connectivity index (χ0v) is 34.1. The average Bonchev–Trinajstić information content (AvgIpc) is 3.16. The van der Waals surface area contributed by atoms with Gasteiger partial charge >= 0.3 is 12.3 Å². The molecule has 3 heterocycles. The number of rotatable bonds is 11. The molecule has 0 radical (unpaired) electrons. The molecule has 2 amide bonds. The van der Waals surface area contributed by atoms with E-state index in [9.17, 15) is 22.8 Å². The lowest BCUT2D eigenvalue weighted by Gasteiger charge is -2.38. The molecule has 1 aromatic heterocycles. The molecule has 1 aliphatic carbocycles. The molecular weight excluding hydrogens is 739 g/mol. The zero-order chi connectivity index (χ0) is 40.9. The Balaban J connectivity index is 1.12. The van der Waals surface area contributed by atoms with Gasteiger partial charge in [-0.2, -0.15) is 13.2 Å². The van der Waals surface area contributed by atoms with Gasteiger partial charge in [0, 0.05) is 55.8 Å². The summed E-state index contributed by atoms with van der Waals surface area (Å²) in [6.07, 6.45) is 0.159. The molecule has 12 nitrogen and oxygen atoms in total. The maximum Gasteiger partial charge on any atom is 0.416 e. The van der Waals surface area contributed by atoms with Gasteiger partial charge in [0.2, 0.25) is 5.91 Å². The number of hydrogen-bond acceptors (Lipinski definition) is 10. The van der Waals surface area contributed by atoms with Gasteiger partial charge in [-0.25, -0.2) is 14.8 Å². The number of alkyl halides is 3. The number of aromatic nitrogens is 2. The summed E-state index contributed by atoms with van der Waals surface area (Å²) in [6.45, 7) is 15.4. The van der Waals surface area contributed by atoms with E-state index in [1.165, 1.54) is 6.07 Å². The number of fused-ring (bicyclic) bond motifs is 1. The van der Waals surface area contributed by atoms with Crippen molar-refractivity contribution in [2.75, 3.05) is 70.2 Å².